The number of benzene rings is 1. The molecule has 0 heterocycles. The molecule has 3 rings (SSSR count). The Bertz CT molecular complexity index is 660. The first-order valence-electron chi connectivity index (χ1n) is 10.2. The van der Waals surface area contributed by atoms with Crippen molar-refractivity contribution in [2.45, 2.75) is 64.7 Å². The second-order valence-electron chi connectivity index (χ2n) is 7.78. The average Bonchev–Trinajstić information content (AvgIpc) is 3.10. The van der Waals surface area contributed by atoms with E-state index in [1.807, 2.05) is 6.08 Å². The highest BCUT2D eigenvalue weighted by Gasteiger charge is 2.34. The van der Waals surface area contributed by atoms with E-state index in [9.17, 15) is 13.2 Å². The van der Waals surface area contributed by atoms with Gasteiger partial charge in [-0.3, -0.25) is 0 Å². The molecule has 2 fully saturated rings. The number of hydrogen-bond acceptors (Lipinski definition) is 3. The maximum atomic E-state index is 12.9. The van der Waals surface area contributed by atoms with Crippen LogP contribution in [0.25, 0.3) is 0 Å². The number of rotatable bonds is 9. The summed E-state index contributed by atoms with van der Waals surface area (Å²) in [6.45, 7) is 2.28. The molecule has 0 amide bonds. The van der Waals surface area contributed by atoms with E-state index in [0.717, 1.165) is 6.42 Å². The summed E-state index contributed by atoms with van der Waals surface area (Å²) in [7, 11) is 0. The maximum Gasteiger partial charge on any atom is 0.573 e. The van der Waals surface area contributed by atoms with Crippen LogP contribution < -0.4 is 14.2 Å². The maximum absolute atomic E-state index is 12.9. The largest absolute Gasteiger partial charge is 0.573 e. The minimum absolute atomic E-state index is 0.114. The number of hydrogen-bond donors (Lipinski definition) is 0. The van der Waals surface area contributed by atoms with E-state index in [1.165, 1.54) is 51.0 Å². The Morgan fingerprint density at radius 2 is 1.71 bits per heavy atom. The van der Waals surface area contributed by atoms with Gasteiger partial charge in [-0.15, -0.1) is 13.2 Å². The van der Waals surface area contributed by atoms with Crippen LogP contribution in [0.15, 0.2) is 24.3 Å². The Labute approximate surface area is 164 Å². The zero-order valence-corrected chi connectivity index (χ0v) is 16.4. The van der Waals surface area contributed by atoms with Crippen LogP contribution >= 0.6 is 0 Å². The highest BCUT2D eigenvalue weighted by atomic mass is 19.4. The zero-order valence-electron chi connectivity index (χ0n) is 16.4. The predicted octanol–water partition coefficient (Wildman–Crippen LogP) is 6.59. The van der Waals surface area contributed by atoms with Crippen LogP contribution in [0.1, 0.15) is 56.9 Å². The van der Waals surface area contributed by atoms with Gasteiger partial charge in [-0.25, -0.2) is 0 Å². The molecule has 0 N–H and O–H groups in total. The van der Waals surface area contributed by atoms with Crippen molar-refractivity contribution in [3.63, 3.8) is 0 Å². The first-order valence-corrected chi connectivity index (χ1v) is 10.2. The van der Waals surface area contributed by atoms with Gasteiger partial charge in [0.25, 0.3) is 0 Å². The molecule has 156 valence electrons. The lowest BCUT2D eigenvalue weighted by Crippen LogP contribution is -2.19. The Morgan fingerprint density at radius 3 is 2.36 bits per heavy atom. The molecule has 3 nitrogen and oxygen atoms in total. The fourth-order valence-corrected chi connectivity index (χ4v) is 3.81. The van der Waals surface area contributed by atoms with Gasteiger partial charge in [-0.1, -0.05) is 44.3 Å². The van der Waals surface area contributed by atoms with Crippen LogP contribution in [0.2, 0.25) is 0 Å². The van der Waals surface area contributed by atoms with Crippen molar-refractivity contribution in [2.75, 3.05) is 13.2 Å². The van der Waals surface area contributed by atoms with Gasteiger partial charge < -0.3 is 14.2 Å². The third kappa shape index (κ3) is 6.08. The Hall–Kier alpha value is -1.85. The fraction of sp³-hybridized carbons (Fsp3) is 0.636. The molecular formula is C22H29F3O3. The van der Waals surface area contributed by atoms with Crippen molar-refractivity contribution in [1.82, 2.24) is 0 Å². The first-order chi connectivity index (χ1) is 13.4. The third-order valence-electron chi connectivity index (χ3n) is 5.69. The van der Waals surface area contributed by atoms with Gasteiger partial charge in [-0.05, 0) is 50.2 Å². The molecule has 2 aliphatic carbocycles. The highest BCUT2D eigenvalue weighted by molar-refractivity contribution is 5.53. The predicted molar refractivity (Wildman–Crippen MR) is 102 cm³/mol. The van der Waals surface area contributed by atoms with Gasteiger partial charge in [-0.2, -0.15) is 0 Å². The molecule has 6 heteroatoms. The summed E-state index contributed by atoms with van der Waals surface area (Å²) in [6, 6.07) is 3.16. The van der Waals surface area contributed by atoms with Gasteiger partial charge in [0.2, 0.25) is 0 Å². The van der Waals surface area contributed by atoms with Crippen molar-refractivity contribution >= 4 is 0 Å². The van der Waals surface area contributed by atoms with Gasteiger partial charge >= 0.3 is 6.36 Å². The number of halogens is 3. The molecule has 2 saturated carbocycles. The second-order valence-corrected chi connectivity index (χ2v) is 7.78. The molecular weight excluding hydrogens is 369 g/mol. The minimum atomic E-state index is -4.78. The van der Waals surface area contributed by atoms with E-state index in [1.54, 1.807) is 13.0 Å². The lowest BCUT2D eigenvalue weighted by atomic mass is 9.83. The fourth-order valence-electron chi connectivity index (χ4n) is 3.81. The molecule has 1 aromatic rings. The summed E-state index contributed by atoms with van der Waals surface area (Å²) in [5.74, 6) is 1.41. The summed E-state index contributed by atoms with van der Waals surface area (Å²) in [4.78, 5) is 0. The Morgan fingerprint density at radius 1 is 1.00 bits per heavy atom. The van der Waals surface area contributed by atoms with Gasteiger partial charge in [0.15, 0.2) is 11.5 Å². The van der Waals surface area contributed by atoms with Gasteiger partial charge in [0.05, 0.1) is 6.61 Å². The lowest BCUT2D eigenvalue weighted by molar-refractivity contribution is -0.275. The van der Waals surface area contributed by atoms with Crippen LogP contribution in [0, 0.1) is 18.8 Å². The highest BCUT2D eigenvalue weighted by Crippen LogP contribution is 2.40. The molecule has 0 saturated heterocycles. The van der Waals surface area contributed by atoms with E-state index in [-0.39, 0.29) is 11.5 Å². The molecule has 2 aliphatic rings. The standard InChI is InChI=1S/C22H29F3O3/c1-16-19(26-14-5-10-17-6-2-3-7-17)11-12-20(21(16)28-22(23,24)25)27-15-13-18-8-4-9-18/h5,10-12,17-18H,2-4,6-9,13-15H2,1H3/b10-5+. The third-order valence-corrected chi connectivity index (χ3v) is 5.69. The van der Waals surface area contributed by atoms with Crippen LogP contribution in [0.4, 0.5) is 13.2 Å². The zero-order chi connectivity index (χ0) is 20.0. The van der Waals surface area contributed by atoms with Crippen molar-refractivity contribution < 1.29 is 27.4 Å². The van der Waals surface area contributed by atoms with Crippen molar-refractivity contribution in [3.05, 3.63) is 29.8 Å². The van der Waals surface area contributed by atoms with Gasteiger partial charge in [0, 0.05) is 5.56 Å². The topological polar surface area (TPSA) is 27.7 Å². The Kier molecular flexibility index (Phi) is 7.13. The number of allylic oxidation sites excluding steroid dienone is 1. The quantitative estimate of drug-likeness (QED) is 0.439. The Balaban J connectivity index is 1.63. The second kappa shape index (κ2) is 9.57. The van der Waals surface area contributed by atoms with Crippen LogP contribution in [0.3, 0.4) is 0 Å². The normalized spacial score (nSPS) is 18.4. The van der Waals surface area contributed by atoms with Crippen LogP contribution in [-0.2, 0) is 0 Å². The van der Waals surface area contributed by atoms with E-state index in [2.05, 4.69) is 10.8 Å². The molecule has 0 spiro atoms. The SMILES string of the molecule is Cc1c(OC/C=C/C2CCCC2)ccc(OCCC2CCC2)c1OC(F)(F)F. The number of ether oxygens (including phenoxy) is 3. The summed E-state index contributed by atoms with van der Waals surface area (Å²) in [5, 5.41) is 0. The molecule has 0 aromatic heterocycles. The number of alkyl halides is 3. The smallest absolute Gasteiger partial charge is 0.490 e. The van der Waals surface area contributed by atoms with Crippen molar-refractivity contribution in [1.29, 1.82) is 0 Å². The monoisotopic (exact) mass is 398 g/mol. The molecule has 0 radical (unpaired) electrons. The van der Waals surface area contributed by atoms with Crippen LogP contribution in [0.5, 0.6) is 17.2 Å². The lowest BCUT2D eigenvalue weighted by Gasteiger charge is -2.25. The average molecular weight is 398 g/mol. The first kappa shape index (κ1) is 20.9. The molecule has 0 atom stereocenters. The summed E-state index contributed by atoms with van der Waals surface area (Å²) >= 11 is 0. The summed E-state index contributed by atoms with van der Waals surface area (Å²) < 4.78 is 54.3. The van der Waals surface area contributed by atoms with E-state index in [0.29, 0.717) is 36.4 Å². The molecule has 0 unspecified atom stereocenters. The van der Waals surface area contributed by atoms with Crippen molar-refractivity contribution in [3.8, 4) is 17.2 Å². The van der Waals surface area contributed by atoms with Crippen molar-refractivity contribution in [2.24, 2.45) is 11.8 Å². The van der Waals surface area contributed by atoms with E-state index >= 15 is 0 Å². The van der Waals surface area contributed by atoms with E-state index in [4.69, 9.17) is 9.47 Å². The molecule has 28 heavy (non-hydrogen) atoms. The molecule has 0 aliphatic heterocycles. The van der Waals surface area contributed by atoms with E-state index < -0.39 is 6.36 Å². The van der Waals surface area contributed by atoms with Gasteiger partial charge in [0.1, 0.15) is 12.4 Å². The summed E-state index contributed by atoms with van der Waals surface area (Å²) in [5.41, 5.74) is 0.299. The summed E-state index contributed by atoms with van der Waals surface area (Å²) in [6.07, 6.45) is 8.67. The molecule has 1 aromatic carbocycles. The minimum Gasteiger partial charge on any atom is -0.490 e. The molecule has 0 bridgehead atoms. The van der Waals surface area contributed by atoms with Crippen LogP contribution in [-0.4, -0.2) is 19.6 Å².